The van der Waals surface area contributed by atoms with Crippen molar-refractivity contribution in [1.82, 2.24) is 5.32 Å². The van der Waals surface area contributed by atoms with E-state index in [9.17, 15) is 22.8 Å². The van der Waals surface area contributed by atoms with Crippen molar-refractivity contribution < 1.29 is 22.8 Å². The molecule has 0 aliphatic carbocycles. The number of nitrogens with one attached hydrogen (secondary N) is 2. The Bertz CT molecular complexity index is 830. The third-order valence-electron chi connectivity index (χ3n) is 3.55. The molecule has 136 valence electrons. The zero-order chi connectivity index (χ0) is 19.2. The summed E-state index contributed by atoms with van der Waals surface area (Å²) in [5.74, 6) is -0.710. The summed E-state index contributed by atoms with van der Waals surface area (Å²) >= 11 is 0. The highest BCUT2D eigenvalue weighted by Crippen LogP contribution is 2.29. The van der Waals surface area contributed by atoms with Gasteiger partial charge in [-0.2, -0.15) is 13.2 Å². The van der Waals surface area contributed by atoms with Crippen LogP contribution < -0.4 is 10.6 Å². The summed E-state index contributed by atoms with van der Waals surface area (Å²) in [5.41, 5.74) is 0.576. The third-order valence-corrected chi connectivity index (χ3v) is 3.55. The SMILES string of the molecule is CNC(=O)Cc1ccccc1NC(=O)C=Cc1cccc(C(F)(F)F)c1. The van der Waals surface area contributed by atoms with E-state index < -0.39 is 17.6 Å². The fourth-order valence-corrected chi connectivity index (χ4v) is 2.22. The van der Waals surface area contributed by atoms with E-state index in [-0.39, 0.29) is 17.9 Å². The summed E-state index contributed by atoms with van der Waals surface area (Å²) in [5, 5.41) is 5.13. The van der Waals surface area contributed by atoms with Gasteiger partial charge in [-0.3, -0.25) is 9.59 Å². The Morgan fingerprint density at radius 3 is 2.50 bits per heavy atom. The van der Waals surface area contributed by atoms with Crippen LogP contribution in [0.1, 0.15) is 16.7 Å². The molecule has 0 bridgehead atoms. The van der Waals surface area contributed by atoms with Gasteiger partial charge in [0, 0.05) is 18.8 Å². The summed E-state index contributed by atoms with van der Waals surface area (Å²) in [4.78, 5) is 23.6. The zero-order valence-corrected chi connectivity index (χ0v) is 13.9. The van der Waals surface area contributed by atoms with Crippen LogP contribution in [-0.4, -0.2) is 18.9 Å². The Kier molecular flexibility index (Phi) is 6.16. The van der Waals surface area contributed by atoms with Crippen molar-refractivity contribution in [2.24, 2.45) is 0 Å². The fourth-order valence-electron chi connectivity index (χ4n) is 2.22. The second kappa shape index (κ2) is 8.33. The number of rotatable bonds is 5. The predicted molar refractivity (Wildman–Crippen MR) is 93.3 cm³/mol. The summed E-state index contributed by atoms with van der Waals surface area (Å²) in [6.07, 6.45) is -1.90. The Morgan fingerprint density at radius 2 is 1.81 bits per heavy atom. The number of benzene rings is 2. The standard InChI is InChI=1S/C19H17F3N2O2/c1-23-18(26)12-14-6-2-3-8-16(14)24-17(25)10-9-13-5-4-7-15(11-13)19(20,21)22/h2-11H,12H2,1H3,(H,23,26)(H,24,25). The number of anilines is 1. The first-order valence-corrected chi connectivity index (χ1v) is 7.74. The number of likely N-dealkylation sites (N-methyl/N-ethyl adjacent to an activating group) is 1. The number of amides is 2. The summed E-state index contributed by atoms with van der Waals surface area (Å²) in [7, 11) is 1.52. The molecule has 0 saturated heterocycles. The molecule has 2 amide bonds. The van der Waals surface area contributed by atoms with E-state index in [1.165, 1.54) is 25.3 Å². The monoisotopic (exact) mass is 362 g/mol. The lowest BCUT2D eigenvalue weighted by Crippen LogP contribution is -2.21. The van der Waals surface area contributed by atoms with Gasteiger partial charge in [0.05, 0.1) is 12.0 Å². The number of alkyl halides is 3. The molecule has 0 aliphatic rings. The van der Waals surface area contributed by atoms with Crippen LogP contribution >= 0.6 is 0 Å². The van der Waals surface area contributed by atoms with E-state index in [0.29, 0.717) is 11.3 Å². The minimum atomic E-state index is -4.44. The van der Waals surface area contributed by atoms with Gasteiger partial charge in [0.25, 0.3) is 0 Å². The molecule has 7 heteroatoms. The second-order valence-corrected chi connectivity index (χ2v) is 5.45. The molecule has 0 fully saturated rings. The molecule has 0 aromatic heterocycles. The van der Waals surface area contributed by atoms with Crippen LogP contribution in [0.5, 0.6) is 0 Å². The van der Waals surface area contributed by atoms with Crippen molar-refractivity contribution in [3.05, 3.63) is 71.3 Å². The molecule has 2 rings (SSSR count). The van der Waals surface area contributed by atoms with Gasteiger partial charge in [-0.1, -0.05) is 30.3 Å². The van der Waals surface area contributed by atoms with Crippen LogP contribution in [0.25, 0.3) is 6.08 Å². The minimum absolute atomic E-state index is 0.101. The molecule has 0 atom stereocenters. The number of hydrogen-bond donors (Lipinski definition) is 2. The van der Waals surface area contributed by atoms with Gasteiger partial charge < -0.3 is 10.6 Å². The van der Waals surface area contributed by atoms with E-state index in [1.807, 2.05) is 0 Å². The number of carbonyl (C=O) groups is 2. The smallest absolute Gasteiger partial charge is 0.359 e. The summed E-state index contributed by atoms with van der Waals surface area (Å²) in [6, 6.07) is 11.5. The van der Waals surface area contributed by atoms with Crippen LogP contribution in [0.2, 0.25) is 0 Å². The van der Waals surface area contributed by atoms with Crippen molar-refractivity contribution in [3.8, 4) is 0 Å². The van der Waals surface area contributed by atoms with E-state index in [1.54, 1.807) is 24.3 Å². The number of carbonyl (C=O) groups excluding carboxylic acids is 2. The van der Waals surface area contributed by atoms with Gasteiger partial charge in [-0.05, 0) is 35.4 Å². The van der Waals surface area contributed by atoms with E-state index in [4.69, 9.17) is 0 Å². The lowest BCUT2D eigenvalue weighted by Gasteiger charge is -2.09. The molecule has 0 aliphatic heterocycles. The normalized spacial score (nSPS) is 11.4. The predicted octanol–water partition coefficient (Wildman–Crippen LogP) is 3.65. The van der Waals surface area contributed by atoms with Gasteiger partial charge in [0.15, 0.2) is 0 Å². The van der Waals surface area contributed by atoms with Gasteiger partial charge in [0.2, 0.25) is 11.8 Å². The highest BCUT2D eigenvalue weighted by Gasteiger charge is 2.30. The first-order chi connectivity index (χ1) is 12.3. The number of halogens is 3. The van der Waals surface area contributed by atoms with Gasteiger partial charge >= 0.3 is 6.18 Å². The van der Waals surface area contributed by atoms with Crippen LogP contribution in [0.4, 0.5) is 18.9 Å². The molecule has 4 nitrogen and oxygen atoms in total. The van der Waals surface area contributed by atoms with Gasteiger partial charge in [-0.15, -0.1) is 0 Å². The van der Waals surface area contributed by atoms with Crippen molar-refractivity contribution >= 4 is 23.6 Å². The highest BCUT2D eigenvalue weighted by atomic mass is 19.4. The summed E-state index contributed by atoms with van der Waals surface area (Å²) < 4.78 is 38.1. The molecule has 2 aromatic rings. The molecule has 26 heavy (non-hydrogen) atoms. The minimum Gasteiger partial charge on any atom is -0.359 e. The topological polar surface area (TPSA) is 58.2 Å². The number of hydrogen-bond acceptors (Lipinski definition) is 2. The largest absolute Gasteiger partial charge is 0.416 e. The average molecular weight is 362 g/mol. The first-order valence-electron chi connectivity index (χ1n) is 7.74. The Hall–Kier alpha value is -3.09. The maximum atomic E-state index is 12.7. The zero-order valence-electron chi connectivity index (χ0n) is 13.9. The average Bonchev–Trinajstić information content (AvgIpc) is 2.61. The number of para-hydroxylation sites is 1. The van der Waals surface area contributed by atoms with Crippen molar-refractivity contribution in [3.63, 3.8) is 0 Å². The van der Waals surface area contributed by atoms with E-state index in [0.717, 1.165) is 18.2 Å². The van der Waals surface area contributed by atoms with Gasteiger partial charge in [-0.25, -0.2) is 0 Å². The Balaban J connectivity index is 2.10. The fraction of sp³-hybridized carbons (Fsp3) is 0.158. The molecule has 2 N–H and O–H groups in total. The maximum absolute atomic E-state index is 12.7. The lowest BCUT2D eigenvalue weighted by atomic mass is 10.1. The molecule has 0 spiro atoms. The quantitative estimate of drug-likeness (QED) is 0.798. The molecule has 0 unspecified atom stereocenters. The molecule has 0 radical (unpaired) electrons. The van der Waals surface area contributed by atoms with Crippen LogP contribution in [0.3, 0.4) is 0 Å². The van der Waals surface area contributed by atoms with Crippen molar-refractivity contribution in [2.75, 3.05) is 12.4 Å². The first kappa shape index (κ1) is 19.2. The van der Waals surface area contributed by atoms with Crippen molar-refractivity contribution in [1.29, 1.82) is 0 Å². The Morgan fingerprint density at radius 1 is 1.08 bits per heavy atom. The molecule has 0 heterocycles. The lowest BCUT2D eigenvalue weighted by molar-refractivity contribution is -0.137. The Labute approximate surface area is 148 Å². The second-order valence-electron chi connectivity index (χ2n) is 5.45. The highest BCUT2D eigenvalue weighted by molar-refractivity contribution is 6.02. The van der Waals surface area contributed by atoms with Crippen LogP contribution in [0, 0.1) is 0 Å². The summed E-state index contributed by atoms with van der Waals surface area (Å²) in [6.45, 7) is 0. The molecular formula is C19H17F3N2O2. The maximum Gasteiger partial charge on any atom is 0.416 e. The van der Waals surface area contributed by atoms with Crippen molar-refractivity contribution in [2.45, 2.75) is 12.6 Å². The van der Waals surface area contributed by atoms with Crippen LogP contribution in [0.15, 0.2) is 54.6 Å². The molecular weight excluding hydrogens is 345 g/mol. The van der Waals surface area contributed by atoms with E-state index in [2.05, 4.69) is 10.6 Å². The molecule has 0 saturated carbocycles. The van der Waals surface area contributed by atoms with Gasteiger partial charge in [0.1, 0.15) is 0 Å². The third kappa shape index (κ3) is 5.47. The molecule has 2 aromatic carbocycles. The van der Waals surface area contributed by atoms with Crippen LogP contribution in [-0.2, 0) is 22.2 Å². The van der Waals surface area contributed by atoms with E-state index >= 15 is 0 Å².